The zero-order chi connectivity index (χ0) is 10.8. The van der Waals surface area contributed by atoms with E-state index < -0.39 is 0 Å². The van der Waals surface area contributed by atoms with E-state index in [2.05, 4.69) is 29.6 Å². The SMILES string of the molecule is O=[C]CCCCNCCc1ccccc1. The summed E-state index contributed by atoms with van der Waals surface area (Å²) >= 11 is 0. The molecule has 1 rings (SSSR count). The van der Waals surface area contributed by atoms with E-state index in [-0.39, 0.29) is 0 Å². The number of nitrogens with one attached hydrogen (secondary N) is 1. The number of rotatable bonds is 8. The Kier molecular flexibility index (Phi) is 6.50. The largest absolute Gasteiger partial charge is 0.316 e. The predicted octanol–water partition coefficient (Wildman–Crippen LogP) is 2.10. The van der Waals surface area contributed by atoms with Crippen molar-refractivity contribution in [1.82, 2.24) is 5.32 Å². The predicted molar refractivity (Wildman–Crippen MR) is 62.6 cm³/mol. The van der Waals surface area contributed by atoms with Gasteiger partial charge in [-0.05, 0) is 37.9 Å². The Morgan fingerprint density at radius 2 is 1.87 bits per heavy atom. The molecule has 2 heteroatoms. The van der Waals surface area contributed by atoms with Gasteiger partial charge in [-0.1, -0.05) is 30.3 Å². The molecule has 2 nitrogen and oxygen atoms in total. The summed E-state index contributed by atoms with van der Waals surface area (Å²) in [5, 5.41) is 3.36. The summed E-state index contributed by atoms with van der Waals surface area (Å²) < 4.78 is 0. The third kappa shape index (κ3) is 6.02. The monoisotopic (exact) mass is 204 g/mol. The van der Waals surface area contributed by atoms with Crippen LogP contribution in [0.3, 0.4) is 0 Å². The summed E-state index contributed by atoms with van der Waals surface area (Å²) in [5.74, 6) is 0. The first-order valence-corrected chi connectivity index (χ1v) is 5.53. The van der Waals surface area contributed by atoms with Crippen molar-refractivity contribution in [3.8, 4) is 0 Å². The van der Waals surface area contributed by atoms with Crippen LogP contribution in [0.2, 0.25) is 0 Å². The summed E-state index contributed by atoms with van der Waals surface area (Å²) in [6, 6.07) is 10.4. The lowest BCUT2D eigenvalue weighted by atomic mass is 10.1. The maximum atomic E-state index is 9.93. The Balaban J connectivity index is 1.95. The highest BCUT2D eigenvalue weighted by molar-refractivity contribution is 5.50. The van der Waals surface area contributed by atoms with E-state index in [1.807, 2.05) is 12.4 Å². The van der Waals surface area contributed by atoms with Crippen LogP contribution in [0.15, 0.2) is 30.3 Å². The van der Waals surface area contributed by atoms with Crippen molar-refractivity contribution < 1.29 is 4.79 Å². The van der Waals surface area contributed by atoms with Crippen molar-refractivity contribution in [3.05, 3.63) is 35.9 Å². The molecular formula is C13H18NO. The number of unbranched alkanes of at least 4 members (excludes halogenated alkanes) is 2. The Morgan fingerprint density at radius 1 is 1.07 bits per heavy atom. The highest BCUT2D eigenvalue weighted by Crippen LogP contribution is 1.98. The van der Waals surface area contributed by atoms with Gasteiger partial charge in [0.15, 0.2) is 6.29 Å². The van der Waals surface area contributed by atoms with Gasteiger partial charge in [-0.2, -0.15) is 0 Å². The highest BCUT2D eigenvalue weighted by atomic mass is 16.1. The molecule has 0 aliphatic heterocycles. The third-order valence-corrected chi connectivity index (χ3v) is 2.32. The zero-order valence-corrected chi connectivity index (χ0v) is 9.04. The third-order valence-electron chi connectivity index (χ3n) is 2.32. The van der Waals surface area contributed by atoms with Crippen LogP contribution in [-0.4, -0.2) is 19.4 Å². The van der Waals surface area contributed by atoms with E-state index in [0.29, 0.717) is 6.42 Å². The van der Waals surface area contributed by atoms with Gasteiger partial charge in [0, 0.05) is 6.42 Å². The van der Waals surface area contributed by atoms with Crippen molar-refractivity contribution in [1.29, 1.82) is 0 Å². The maximum Gasteiger partial charge on any atom is 0.198 e. The van der Waals surface area contributed by atoms with Gasteiger partial charge >= 0.3 is 0 Å². The molecule has 15 heavy (non-hydrogen) atoms. The van der Waals surface area contributed by atoms with E-state index in [0.717, 1.165) is 32.4 Å². The fourth-order valence-corrected chi connectivity index (χ4v) is 1.45. The maximum absolute atomic E-state index is 9.93. The molecule has 0 atom stereocenters. The Morgan fingerprint density at radius 3 is 2.60 bits per heavy atom. The van der Waals surface area contributed by atoms with Crippen LogP contribution in [0.25, 0.3) is 0 Å². The molecule has 81 valence electrons. The normalized spacial score (nSPS) is 10.1. The molecule has 1 radical (unpaired) electrons. The van der Waals surface area contributed by atoms with Crippen LogP contribution in [-0.2, 0) is 11.2 Å². The average molecular weight is 204 g/mol. The zero-order valence-electron chi connectivity index (χ0n) is 9.04. The summed E-state index contributed by atoms with van der Waals surface area (Å²) in [5.41, 5.74) is 1.37. The van der Waals surface area contributed by atoms with Crippen LogP contribution in [0.5, 0.6) is 0 Å². The van der Waals surface area contributed by atoms with Gasteiger partial charge in [-0.15, -0.1) is 0 Å². The second kappa shape index (κ2) is 8.18. The summed E-state index contributed by atoms with van der Waals surface area (Å²) in [4.78, 5) is 9.93. The van der Waals surface area contributed by atoms with Gasteiger partial charge in [0.2, 0.25) is 0 Å². The first-order valence-electron chi connectivity index (χ1n) is 5.53. The van der Waals surface area contributed by atoms with Gasteiger partial charge < -0.3 is 5.32 Å². The van der Waals surface area contributed by atoms with Crippen LogP contribution >= 0.6 is 0 Å². The molecule has 0 amide bonds. The molecule has 0 spiro atoms. The molecular weight excluding hydrogens is 186 g/mol. The second-order valence-corrected chi connectivity index (χ2v) is 3.59. The average Bonchev–Trinajstić information content (AvgIpc) is 2.29. The molecule has 1 aromatic carbocycles. The lowest BCUT2D eigenvalue weighted by Crippen LogP contribution is -2.18. The molecule has 0 fully saturated rings. The molecule has 0 saturated heterocycles. The minimum absolute atomic E-state index is 0.570. The van der Waals surface area contributed by atoms with E-state index in [1.54, 1.807) is 0 Å². The molecule has 1 aromatic rings. The smallest absolute Gasteiger partial charge is 0.198 e. The Hall–Kier alpha value is -1.15. The first-order chi connectivity index (χ1) is 7.43. The van der Waals surface area contributed by atoms with Gasteiger partial charge in [0.05, 0.1) is 0 Å². The molecule has 1 N–H and O–H groups in total. The van der Waals surface area contributed by atoms with Crippen molar-refractivity contribution >= 4 is 6.29 Å². The van der Waals surface area contributed by atoms with E-state index in [4.69, 9.17) is 0 Å². The van der Waals surface area contributed by atoms with E-state index in [9.17, 15) is 4.79 Å². The van der Waals surface area contributed by atoms with Crippen LogP contribution in [0.1, 0.15) is 24.8 Å². The van der Waals surface area contributed by atoms with E-state index in [1.165, 1.54) is 5.56 Å². The van der Waals surface area contributed by atoms with Crippen molar-refractivity contribution in [3.63, 3.8) is 0 Å². The van der Waals surface area contributed by atoms with Crippen molar-refractivity contribution in [2.75, 3.05) is 13.1 Å². The fraction of sp³-hybridized carbons (Fsp3) is 0.462. The Bertz CT molecular complexity index is 258. The molecule has 0 saturated carbocycles. The number of carbonyl (C=O) groups excluding carboxylic acids is 1. The summed E-state index contributed by atoms with van der Waals surface area (Å²) in [6.07, 6.45) is 5.55. The van der Waals surface area contributed by atoms with Gasteiger partial charge in [0.25, 0.3) is 0 Å². The summed E-state index contributed by atoms with van der Waals surface area (Å²) in [6.45, 7) is 2.00. The molecule has 0 aliphatic rings. The molecule has 0 heterocycles. The van der Waals surface area contributed by atoms with E-state index >= 15 is 0 Å². The number of hydrogen-bond donors (Lipinski definition) is 1. The second-order valence-electron chi connectivity index (χ2n) is 3.59. The molecule has 0 aliphatic carbocycles. The Labute approximate surface area is 91.7 Å². The van der Waals surface area contributed by atoms with Gasteiger partial charge in [0.1, 0.15) is 0 Å². The standard InChI is InChI=1S/C13H18NO/c15-12-6-2-5-10-14-11-9-13-7-3-1-4-8-13/h1,3-4,7-8,14H,2,5-6,9-11H2. The first kappa shape index (κ1) is 11.9. The van der Waals surface area contributed by atoms with Crippen LogP contribution in [0, 0.1) is 0 Å². The summed E-state index contributed by atoms with van der Waals surface area (Å²) in [7, 11) is 0. The minimum atomic E-state index is 0.570. The molecule has 0 unspecified atom stereocenters. The number of hydrogen-bond acceptors (Lipinski definition) is 2. The lowest BCUT2D eigenvalue weighted by molar-refractivity contribution is 0.544. The molecule has 0 aromatic heterocycles. The van der Waals surface area contributed by atoms with Crippen molar-refractivity contribution in [2.24, 2.45) is 0 Å². The lowest BCUT2D eigenvalue weighted by Gasteiger charge is -2.03. The minimum Gasteiger partial charge on any atom is -0.316 e. The van der Waals surface area contributed by atoms with Crippen LogP contribution in [0.4, 0.5) is 0 Å². The van der Waals surface area contributed by atoms with Gasteiger partial charge in [-0.3, -0.25) is 4.79 Å². The topological polar surface area (TPSA) is 29.1 Å². The van der Waals surface area contributed by atoms with Crippen LogP contribution < -0.4 is 5.32 Å². The molecule has 0 bridgehead atoms. The van der Waals surface area contributed by atoms with Gasteiger partial charge in [-0.25, -0.2) is 0 Å². The quantitative estimate of drug-likeness (QED) is 0.657. The fourth-order valence-electron chi connectivity index (χ4n) is 1.45. The highest BCUT2D eigenvalue weighted by Gasteiger charge is 1.91. The van der Waals surface area contributed by atoms with Crippen molar-refractivity contribution in [2.45, 2.75) is 25.7 Å². The number of benzene rings is 1.